The van der Waals surface area contributed by atoms with Crippen molar-refractivity contribution in [2.24, 2.45) is 0 Å². The zero-order valence-corrected chi connectivity index (χ0v) is 19.8. The number of nitrogens with zero attached hydrogens (tertiary/aromatic N) is 3. The average Bonchev–Trinajstić information content (AvgIpc) is 2.70. The highest BCUT2D eigenvalue weighted by molar-refractivity contribution is 7.89. The Morgan fingerprint density at radius 1 is 1.07 bits per heavy atom. The lowest BCUT2D eigenvalue weighted by atomic mass is 9.87. The van der Waals surface area contributed by atoms with Crippen molar-refractivity contribution in [3.05, 3.63) is 58.4 Å². The molecule has 1 saturated heterocycles. The molecule has 0 amide bonds. The van der Waals surface area contributed by atoms with Crippen LogP contribution in [0.25, 0.3) is 0 Å². The van der Waals surface area contributed by atoms with Crippen molar-refractivity contribution < 1.29 is 13.2 Å². The van der Waals surface area contributed by atoms with Crippen LogP contribution >= 0.6 is 12.2 Å². The molecule has 3 rings (SSSR count). The fourth-order valence-corrected chi connectivity index (χ4v) is 5.05. The van der Waals surface area contributed by atoms with Crippen LogP contribution < -0.4 is 0 Å². The summed E-state index contributed by atoms with van der Waals surface area (Å²) in [5.41, 5.74) is 2.63. The van der Waals surface area contributed by atoms with E-state index in [9.17, 15) is 8.42 Å². The van der Waals surface area contributed by atoms with Gasteiger partial charge in [0.25, 0.3) is 0 Å². The summed E-state index contributed by atoms with van der Waals surface area (Å²) < 4.78 is 35.1. The van der Waals surface area contributed by atoms with Crippen LogP contribution in [0.2, 0.25) is 0 Å². The van der Waals surface area contributed by atoms with Crippen LogP contribution in [0.4, 0.5) is 0 Å². The van der Waals surface area contributed by atoms with Gasteiger partial charge in [-0.25, -0.2) is 8.42 Å². The fraction of sp³-hybridized carbons (Fsp3) is 0.500. The summed E-state index contributed by atoms with van der Waals surface area (Å²) in [7, 11) is -1.54. The molecule has 1 fully saturated rings. The normalized spacial score (nSPS) is 16.2. The van der Waals surface area contributed by atoms with Crippen LogP contribution in [0.1, 0.15) is 31.9 Å². The van der Waals surface area contributed by atoms with Gasteiger partial charge in [0.2, 0.25) is 10.0 Å². The van der Waals surface area contributed by atoms with Crippen molar-refractivity contribution in [2.75, 3.05) is 33.4 Å². The number of pyridine rings is 1. The molecule has 1 aromatic carbocycles. The molecular weight excluding hydrogens is 418 g/mol. The SMILES string of the molecule is CN(Cc1ccc(C(C)(C)C)cc1)Cn1cc(S(=O)(=O)N2CCOCC2)ccc1=S. The van der Waals surface area contributed by atoms with Gasteiger partial charge < -0.3 is 9.30 Å². The van der Waals surface area contributed by atoms with Gasteiger partial charge in [-0.3, -0.25) is 4.90 Å². The van der Waals surface area contributed by atoms with E-state index in [1.165, 1.54) is 15.4 Å². The van der Waals surface area contributed by atoms with E-state index >= 15 is 0 Å². The molecule has 0 bridgehead atoms. The zero-order valence-electron chi connectivity index (χ0n) is 18.2. The second kappa shape index (κ2) is 9.28. The highest BCUT2D eigenvalue weighted by atomic mass is 32.2. The summed E-state index contributed by atoms with van der Waals surface area (Å²) >= 11 is 5.44. The molecule has 164 valence electrons. The van der Waals surface area contributed by atoms with E-state index in [1.54, 1.807) is 18.3 Å². The van der Waals surface area contributed by atoms with Gasteiger partial charge in [-0.05, 0) is 35.7 Å². The van der Waals surface area contributed by atoms with Crippen molar-refractivity contribution >= 4 is 22.2 Å². The predicted octanol–water partition coefficient (Wildman–Crippen LogP) is 3.63. The highest BCUT2D eigenvalue weighted by Crippen LogP contribution is 2.22. The van der Waals surface area contributed by atoms with E-state index < -0.39 is 10.0 Å². The molecule has 0 spiro atoms. The Kier molecular flexibility index (Phi) is 7.14. The molecule has 6 nitrogen and oxygen atoms in total. The van der Waals surface area contributed by atoms with Crippen molar-refractivity contribution in [1.82, 2.24) is 13.8 Å². The van der Waals surface area contributed by atoms with Gasteiger partial charge in [-0.15, -0.1) is 0 Å². The second-order valence-electron chi connectivity index (χ2n) is 8.79. The van der Waals surface area contributed by atoms with E-state index in [-0.39, 0.29) is 10.3 Å². The summed E-state index contributed by atoms with van der Waals surface area (Å²) in [6.45, 7) is 9.46. The number of benzene rings is 1. The molecular formula is C22H31N3O3S2. The van der Waals surface area contributed by atoms with Crippen LogP contribution in [-0.4, -0.2) is 55.5 Å². The number of rotatable bonds is 6. The van der Waals surface area contributed by atoms with Crippen LogP contribution in [-0.2, 0) is 33.4 Å². The maximum Gasteiger partial charge on any atom is 0.244 e. The molecule has 1 aromatic heterocycles. The molecule has 0 aliphatic carbocycles. The van der Waals surface area contributed by atoms with Crippen LogP contribution in [0.3, 0.4) is 0 Å². The van der Waals surface area contributed by atoms with Gasteiger partial charge in [-0.1, -0.05) is 57.3 Å². The van der Waals surface area contributed by atoms with Crippen molar-refractivity contribution in [1.29, 1.82) is 0 Å². The third-order valence-electron chi connectivity index (χ3n) is 5.23. The third-order valence-corrected chi connectivity index (χ3v) is 7.48. The first-order valence-electron chi connectivity index (χ1n) is 10.1. The van der Waals surface area contributed by atoms with Crippen LogP contribution in [0, 0.1) is 4.64 Å². The summed E-state index contributed by atoms with van der Waals surface area (Å²) in [6, 6.07) is 11.9. The molecule has 1 aliphatic rings. The second-order valence-corrected chi connectivity index (χ2v) is 11.1. The average molecular weight is 450 g/mol. The van der Waals surface area contributed by atoms with E-state index in [2.05, 4.69) is 49.9 Å². The maximum atomic E-state index is 12.9. The Balaban J connectivity index is 1.73. The highest BCUT2D eigenvalue weighted by Gasteiger charge is 2.26. The molecule has 0 unspecified atom stereocenters. The lowest BCUT2D eigenvalue weighted by Gasteiger charge is -2.26. The van der Waals surface area contributed by atoms with E-state index in [1.807, 2.05) is 11.6 Å². The Morgan fingerprint density at radius 2 is 1.70 bits per heavy atom. The summed E-state index contributed by atoms with van der Waals surface area (Å²) in [5, 5.41) is 0. The molecule has 0 saturated carbocycles. The first-order valence-corrected chi connectivity index (χ1v) is 12.0. The molecule has 1 aliphatic heterocycles. The first kappa shape index (κ1) is 23.1. The molecule has 2 heterocycles. The van der Waals surface area contributed by atoms with Crippen LogP contribution in [0.5, 0.6) is 0 Å². The van der Waals surface area contributed by atoms with Crippen LogP contribution in [0.15, 0.2) is 47.5 Å². The molecule has 30 heavy (non-hydrogen) atoms. The number of morpholine rings is 1. The third kappa shape index (κ3) is 5.56. The van der Waals surface area contributed by atoms with Crippen molar-refractivity contribution in [3.8, 4) is 0 Å². The monoisotopic (exact) mass is 449 g/mol. The Labute approximate surface area is 185 Å². The number of aromatic nitrogens is 1. The predicted molar refractivity (Wildman–Crippen MR) is 121 cm³/mol. The van der Waals surface area contributed by atoms with Gasteiger partial charge in [0.1, 0.15) is 4.64 Å². The summed E-state index contributed by atoms with van der Waals surface area (Å²) in [4.78, 5) is 2.38. The molecule has 0 N–H and O–H groups in total. The minimum absolute atomic E-state index is 0.129. The number of ether oxygens (including phenoxy) is 1. The first-order chi connectivity index (χ1) is 14.1. The lowest BCUT2D eigenvalue weighted by molar-refractivity contribution is 0.0730. The smallest absolute Gasteiger partial charge is 0.244 e. The van der Waals surface area contributed by atoms with Gasteiger partial charge in [0.15, 0.2) is 0 Å². The fourth-order valence-electron chi connectivity index (χ4n) is 3.44. The van der Waals surface area contributed by atoms with Gasteiger partial charge in [0.05, 0.1) is 24.8 Å². The number of hydrogen-bond donors (Lipinski definition) is 0. The maximum absolute atomic E-state index is 12.9. The summed E-state index contributed by atoms with van der Waals surface area (Å²) in [6.07, 6.45) is 1.65. The molecule has 0 radical (unpaired) electrons. The topological polar surface area (TPSA) is 54.8 Å². The van der Waals surface area contributed by atoms with E-state index in [0.29, 0.717) is 37.6 Å². The minimum atomic E-state index is -3.55. The molecule has 8 heteroatoms. The number of hydrogen-bond acceptors (Lipinski definition) is 5. The van der Waals surface area contributed by atoms with Crippen molar-refractivity contribution in [3.63, 3.8) is 0 Å². The Morgan fingerprint density at radius 3 is 2.30 bits per heavy atom. The van der Waals surface area contributed by atoms with Crippen molar-refractivity contribution in [2.45, 2.75) is 44.3 Å². The minimum Gasteiger partial charge on any atom is -0.379 e. The van der Waals surface area contributed by atoms with Gasteiger partial charge >= 0.3 is 0 Å². The van der Waals surface area contributed by atoms with E-state index in [4.69, 9.17) is 17.0 Å². The number of sulfonamides is 1. The zero-order chi connectivity index (χ0) is 21.9. The standard InChI is InChI=1S/C22H31N3O3S2/c1-22(2,3)19-7-5-18(6-8-19)15-23(4)17-24-16-20(9-10-21(24)29)30(26,27)25-11-13-28-14-12-25/h5-10,16H,11-15,17H2,1-4H3. The van der Waals surface area contributed by atoms with Gasteiger partial charge in [-0.2, -0.15) is 4.31 Å². The largest absolute Gasteiger partial charge is 0.379 e. The van der Waals surface area contributed by atoms with E-state index in [0.717, 1.165) is 6.54 Å². The molecule has 0 atom stereocenters. The Bertz CT molecular complexity index is 1020. The summed E-state index contributed by atoms with van der Waals surface area (Å²) in [5.74, 6) is 0. The molecule has 2 aromatic rings. The Hall–Kier alpha value is -1.58. The quantitative estimate of drug-likeness (QED) is 0.631. The lowest BCUT2D eigenvalue weighted by Crippen LogP contribution is -2.40. The van der Waals surface area contributed by atoms with Gasteiger partial charge in [0, 0.05) is 25.8 Å².